The van der Waals surface area contributed by atoms with Crippen LogP contribution in [0.2, 0.25) is 0 Å². The highest BCUT2D eigenvalue weighted by Gasteiger charge is 2.26. The highest BCUT2D eigenvalue weighted by molar-refractivity contribution is 5.95. The molecule has 4 heteroatoms. The highest BCUT2D eigenvalue weighted by Crippen LogP contribution is 2.25. The van der Waals surface area contributed by atoms with Crippen LogP contribution in [0.1, 0.15) is 35.7 Å². The number of anilines is 1. The first-order valence-corrected chi connectivity index (χ1v) is 7.49. The molecular weight excluding hydrogens is 252 g/mol. The minimum atomic E-state index is -0.265. The molecule has 2 aliphatic rings. The average molecular weight is 274 g/mol. The second-order valence-corrected chi connectivity index (χ2v) is 5.92. The second-order valence-electron chi connectivity index (χ2n) is 5.92. The van der Waals surface area contributed by atoms with E-state index in [1.54, 1.807) is 0 Å². The molecule has 1 atom stereocenters. The van der Waals surface area contributed by atoms with Crippen molar-refractivity contribution in [1.82, 2.24) is 4.90 Å². The van der Waals surface area contributed by atoms with Crippen molar-refractivity contribution in [1.29, 1.82) is 0 Å². The molecule has 0 bridgehead atoms. The van der Waals surface area contributed by atoms with E-state index in [0.29, 0.717) is 5.92 Å². The standard InChI is InChI=1S/C16H22N2O2/c1-11(19)12-5-8-18(9-6-12)16(20)14-2-3-15-13(10-14)4-7-17-15/h2-3,10-12,17,19H,4-9H2,1H3. The van der Waals surface area contributed by atoms with Gasteiger partial charge in [-0.3, -0.25) is 4.79 Å². The Morgan fingerprint density at radius 1 is 1.40 bits per heavy atom. The van der Waals surface area contributed by atoms with Gasteiger partial charge in [0.2, 0.25) is 0 Å². The van der Waals surface area contributed by atoms with E-state index >= 15 is 0 Å². The number of likely N-dealkylation sites (tertiary alicyclic amines) is 1. The zero-order chi connectivity index (χ0) is 14.1. The van der Waals surface area contributed by atoms with E-state index in [9.17, 15) is 9.90 Å². The molecule has 1 aromatic carbocycles. The van der Waals surface area contributed by atoms with Crippen LogP contribution in [0.4, 0.5) is 5.69 Å². The van der Waals surface area contributed by atoms with Gasteiger partial charge in [0.1, 0.15) is 0 Å². The largest absolute Gasteiger partial charge is 0.393 e. The molecule has 1 amide bonds. The predicted molar refractivity (Wildman–Crippen MR) is 78.9 cm³/mol. The first-order chi connectivity index (χ1) is 9.65. The van der Waals surface area contributed by atoms with Gasteiger partial charge in [0.05, 0.1) is 6.10 Å². The lowest BCUT2D eigenvalue weighted by Crippen LogP contribution is -2.40. The molecule has 1 unspecified atom stereocenters. The van der Waals surface area contributed by atoms with Crippen LogP contribution in [-0.2, 0) is 6.42 Å². The summed E-state index contributed by atoms with van der Waals surface area (Å²) in [5.41, 5.74) is 3.20. The van der Waals surface area contributed by atoms with Crippen LogP contribution in [0, 0.1) is 5.92 Å². The smallest absolute Gasteiger partial charge is 0.253 e. The number of nitrogens with one attached hydrogen (secondary N) is 1. The molecule has 2 aliphatic heterocycles. The minimum absolute atomic E-state index is 0.128. The molecule has 4 nitrogen and oxygen atoms in total. The van der Waals surface area contributed by atoms with E-state index < -0.39 is 0 Å². The van der Waals surface area contributed by atoms with Crippen molar-refractivity contribution in [2.45, 2.75) is 32.3 Å². The van der Waals surface area contributed by atoms with Crippen LogP contribution in [0.25, 0.3) is 0 Å². The van der Waals surface area contributed by atoms with Crippen molar-refractivity contribution >= 4 is 11.6 Å². The van der Waals surface area contributed by atoms with Crippen LogP contribution in [-0.4, -0.2) is 41.7 Å². The summed E-state index contributed by atoms with van der Waals surface area (Å²) in [6.45, 7) is 4.32. The van der Waals surface area contributed by atoms with Crippen LogP contribution >= 0.6 is 0 Å². The van der Waals surface area contributed by atoms with Gasteiger partial charge < -0.3 is 15.3 Å². The monoisotopic (exact) mass is 274 g/mol. The number of fused-ring (bicyclic) bond motifs is 1. The van der Waals surface area contributed by atoms with Gasteiger partial charge in [-0.2, -0.15) is 0 Å². The van der Waals surface area contributed by atoms with Crippen LogP contribution < -0.4 is 5.32 Å². The van der Waals surface area contributed by atoms with Crippen molar-refractivity contribution in [3.8, 4) is 0 Å². The van der Waals surface area contributed by atoms with Gasteiger partial charge >= 0.3 is 0 Å². The Hall–Kier alpha value is -1.55. The fourth-order valence-electron chi connectivity index (χ4n) is 3.21. The number of nitrogens with zero attached hydrogens (tertiary/aromatic N) is 1. The van der Waals surface area contributed by atoms with E-state index in [-0.39, 0.29) is 12.0 Å². The van der Waals surface area contributed by atoms with Crippen molar-refractivity contribution in [2.75, 3.05) is 25.0 Å². The quantitative estimate of drug-likeness (QED) is 0.866. The molecule has 20 heavy (non-hydrogen) atoms. The summed E-state index contributed by atoms with van der Waals surface area (Å²) in [7, 11) is 0. The molecule has 108 valence electrons. The molecule has 0 aromatic heterocycles. The number of aliphatic hydroxyl groups excluding tert-OH is 1. The van der Waals surface area contributed by atoms with E-state index in [2.05, 4.69) is 5.32 Å². The lowest BCUT2D eigenvalue weighted by Gasteiger charge is -2.33. The number of hydrogen-bond donors (Lipinski definition) is 2. The van der Waals surface area contributed by atoms with E-state index in [4.69, 9.17) is 0 Å². The number of amides is 1. The summed E-state index contributed by atoms with van der Waals surface area (Å²) in [5, 5.41) is 12.9. The Labute approximate surface area is 119 Å². The van der Waals surface area contributed by atoms with Crippen molar-refractivity contribution in [3.63, 3.8) is 0 Å². The Kier molecular flexibility index (Phi) is 3.66. The third-order valence-electron chi connectivity index (χ3n) is 4.57. The average Bonchev–Trinajstić information content (AvgIpc) is 2.94. The van der Waals surface area contributed by atoms with Gasteiger partial charge in [-0.25, -0.2) is 0 Å². The van der Waals surface area contributed by atoms with Crippen LogP contribution in [0.3, 0.4) is 0 Å². The Morgan fingerprint density at radius 2 is 2.15 bits per heavy atom. The van der Waals surface area contributed by atoms with Gasteiger partial charge in [-0.05, 0) is 55.9 Å². The predicted octanol–water partition coefficient (Wildman–Crippen LogP) is 1.89. The van der Waals surface area contributed by atoms with Crippen LogP contribution in [0.15, 0.2) is 18.2 Å². The Morgan fingerprint density at radius 3 is 2.85 bits per heavy atom. The zero-order valence-corrected chi connectivity index (χ0v) is 11.9. The third kappa shape index (κ3) is 2.52. The summed E-state index contributed by atoms with van der Waals surface area (Å²) in [6.07, 6.45) is 2.53. The number of benzene rings is 1. The van der Waals surface area contributed by atoms with E-state index in [1.165, 1.54) is 5.56 Å². The Balaban J connectivity index is 1.68. The van der Waals surface area contributed by atoms with Crippen LogP contribution in [0.5, 0.6) is 0 Å². The van der Waals surface area contributed by atoms with Gasteiger partial charge in [0, 0.05) is 30.9 Å². The summed E-state index contributed by atoms with van der Waals surface area (Å²) in [6, 6.07) is 5.96. The molecule has 1 fully saturated rings. The van der Waals surface area contributed by atoms with Crippen molar-refractivity contribution < 1.29 is 9.90 Å². The van der Waals surface area contributed by atoms with Gasteiger partial charge in [-0.15, -0.1) is 0 Å². The third-order valence-corrected chi connectivity index (χ3v) is 4.57. The molecule has 0 aliphatic carbocycles. The molecule has 1 aromatic rings. The Bertz CT molecular complexity index is 505. The van der Waals surface area contributed by atoms with Crippen molar-refractivity contribution in [2.24, 2.45) is 5.92 Å². The molecule has 0 saturated carbocycles. The van der Waals surface area contributed by atoms with Crippen molar-refractivity contribution in [3.05, 3.63) is 29.3 Å². The first kappa shape index (κ1) is 13.4. The van der Waals surface area contributed by atoms with Gasteiger partial charge in [0.15, 0.2) is 0 Å². The zero-order valence-electron chi connectivity index (χ0n) is 11.9. The maximum absolute atomic E-state index is 12.5. The summed E-state index contributed by atoms with van der Waals surface area (Å²) >= 11 is 0. The summed E-state index contributed by atoms with van der Waals surface area (Å²) < 4.78 is 0. The number of hydrogen-bond acceptors (Lipinski definition) is 3. The lowest BCUT2D eigenvalue weighted by molar-refractivity contribution is 0.0521. The molecule has 0 radical (unpaired) electrons. The first-order valence-electron chi connectivity index (χ1n) is 7.49. The molecular formula is C16H22N2O2. The molecule has 1 saturated heterocycles. The number of piperidine rings is 1. The maximum atomic E-state index is 12.5. The lowest BCUT2D eigenvalue weighted by atomic mass is 9.92. The molecule has 2 heterocycles. The second kappa shape index (κ2) is 5.44. The van der Waals surface area contributed by atoms with E-state index in [0.717, 1.165) is 50.1 Å². The summed E-state index contributed by atoms with van der Waals surface area (Å²) in [5.74, 6) is 0.465. The number of carbonyl (C=O) groups excluding carboxylic acids is 1. The summed E-state index contributed by atoms with van der Waals surface area (Å²) in [4.78, 5) is 14.4. The van der Waals surface area contributed by atoms with E-state index in [1.807, 2.05) is 30.0 Å². The number of aliphatic hydroxyl groups is 1. The SMILES string of the molecule is CC(O)C1CCN(C(=O)c2ccc3c(c2)CCN3)CC1. The fourth-order valence-corrected chi connectivity index (χ4v) is 3.21. The highest BCUT2D eigenvalue weighted by atomic mass is 16.3. The van der Waals surface area contributed by atoms with Gasteiger partial charge in [-0.1, -0.05) is 0 Å². The maximum Gasteiger partial charge on any atom is 0.253 e. The number of rotatable bonds is 2. The fraction of sp³-hybridized carbons (Fsp3) is 0.562. The topological polar surface area (TPSA) is 52.6 Å². The minimum Gasteiger partial charge on any atom is -0.393 e. The molecule has 2 N–H and O–H groups in total. The molecule has 0 spiro atoms. The normalized spacial score (nSPS) is 20.4. The molecule has 3 rings (SSSR count). The van der Waals surface area contributed by atoms with Gasteiger partial charge in [0.25, 0.3) is 5.91 Å². The number of carbonyl (C=O) groups is 1.